The van der Waals surface area contributed by atoms with Crippen LogP contribution in [0.1, 0.15) is 0 Å². The normalized spacial score (nSPS) is 16.0. The Balaban J connectivity index is 1.91. The van der Waals surface area contributed by atoms with Crippen LogP contribution in [0, 0.1) is 0 Å². The Morgan fingerprint density at radius 3 is 2.60 bits per heavy atom. The number of rotatable bonds is 3. The Bertz CT molecular complexity index is 499. The lowest BCUT2D eigenvalue weighted by Gasteiger charge is -2.34. The van der Waals surface area contributed by atoms with E-state index in [2.05, 4.69) is 16.8 Å². The molecule has 0 atom stereocenters. The van der Waals surface area contributed by atoms with E-state index in [9.17, 15) is 4.79 Å². The number of nitrogens with zero attached hydrogens (tertiary/aromatic N) is 2. The minimum absolute atomic E-state index is 0.132. The zero-order valence-electron chi connectivity index (χ0n) is 11.1. The summed E-state index contributed by atoms with van der Waals surface area (Å²) in [5.41, 5.74) is 0.578. The van der Waals surface area contributed by atoms with Gasteiger partial charge in [-0.15, -0.1) is 6.58 Å². The van der Waals surface area contributed by atoms with Gasteiger partial charge in [0.1, 0.15) is 0 Å². The number of anilines is 1. The van der Waals surface area contributed by atoms with E-state index in [4.69, 9.17) is 23.2 Å². The van der Waals surface area contributed by atoms with Gasteiger partial charge in [0.2, 0.25) is 0 Å². The highest BCUT2D eigenvalue weighted by atomic mass is 35.5. The maximum absolute atomic E-state index is 12.2. The second-order valence-electron chi connectivity index (χ2n) is 4.63. The van der Waals surface area contributed by atoms with Crippen LogP contribution in [0.2, 0.25) is 10.0 Å². The van der Waals surface area contributed by atoms with E-state index in [-0.39, 0.29) is 6.03 Å². The Labute approximate surface area is 128 Å². The molecule has 1 aromatic rings. The van der Waals surface area contributed by atoms with Gasteiger partial charge in [0.05, 0.1) is 10.7 Å². The second kappa shape index (κ2) is 6.97. The van der Waals surface area contributed by atoms with Gasteiger partial charge in [0.25, 0.3) is 0 Å². The van der Waals surface area contributed by atoms with Crippen molar-refractivity contribution in [3.63, 3.8) is 0 Å². The Morgan fingerprint density at radius 2 is 2.00 bits per heavy atom. The van der Waals surface area contributed by atoms with Crippen molar-refractivity contribution in [1.82, 2.24) is 9.80 Å². The average molecular weight is 314 g/mol. The molecular weight excluding hydrogens is 297 g/mol. The fraction of sp³-hybridized carbons (Fsp3) is 0.357. The highest BCUT2D eigenvalue weighted by molar-refractivity contribution is 6.36. The minimum Gasteiger partial charge on any atom is -0.322 e. The van der Waals surface area contributed by atoms with Crippen molar-refractivity contribution in [3.8, 4) is 0 Å². The number of urea groups is 1. The fourth-order valence-electron chi connectivity index (χ4n) is 2.10. The number of carbonyl (C=O) groups excluding carboxylic acids is 1. The third-order valence-corrected chi connectivity index (χ3v) is 3.77. The number of hydrogen-bond acceptors (Lipinski definition) is 2. The van der Waals surface area contributed by atoms with E-state index >= 15 is 0 Å². The van der Waals surface area contributed by atoms with Crippen LogP contribution >= 0.6 is 23.2 Å². The molecule has 1 fully saturated rings. The predicted molar refractivity (Wildman–Crippen MR) is 83.7 cm³/mol. The zero-order chi connectivity index (χ0) is 14.5. The van der Waals surface area contributed by atoms with Crippen molar-refractivity contribution in [2.45, 2.75) is 0 Å². The first kappa shape index (κ1) is 15.2. The van der Waals surface area contributed by atoms with Crippen molar-refractivity contribution in [2.24, 2.45) is 0 Å². The number of benzene rings is 1. The molecular formula is C14H17Cl2N3O. The number of carbonyl (C=O) groups is 1. The van der Waals surface area contributed by atoms with Crippen LogP contribution in [0.4, 0.5) is 10.5 Å². The molecule has 1 aromatic carbocycles. The summed E-state index contributed by atoms with van der Waals surface area (Å²) < 4.78 is 0. The standard InChI is InChI=1S/C14H17Cl2N3O/c1-2-5-18-6-8-19(9-7-18)14(20)17-13-4-3-11(15)10-12(13)16/h2-4,10H,1,5-9H2,(H,17,20). The maximum atomic E-state index is 12.2. The van der Waals surface area contributed by atoms with Crippen molar-refractivity contribution in [1.29, 1.82) is 0 Å². The Hall–Kier alpha value is -1.23. The number of amides is 2. The smallest absolute Gasteiger partial charge is 0.321 e. The molecule has 0 saturated carbocycles. The molecule has 0 unspecified atom stereocenters. The molecule has 1 aliphatic heterocycles. The molecule has 0 aromatic heterocycles. The Kier molecular flexibility index (Phi) is 5.29. The van der Waals surface area contributed by atoms with Gasteiger partial charge < -0.3 is 10.2 Å². The van der Waals surface area contributed by atoms with E-state index in [1.54, 1.807) is 23.1 Å². The third kappa shape index (κ3) is 3.88. The summed E-state index contributed by atoms with van der Waals surface area (Å²) in [6.07, 6.45) is 1.88. The number of piperazine rings is 1. The summed E-state index contributed by atoms with van der Waals surface area (Å²) in [5, 5.41) is 3.80. The topological polar surface area (TPSA) is 35.6 Å². The van der Waals surface area contributed by atoms with E-state index in [1.165, 1.54) is 0 Å². The molecule has 2 rings (SSSR count). The van der Waals surface area contributed by atoms with Gasteiger partial charge in [-0.1, -0.05) is 29.3 Å². The Morgan fingerprint density at radius 1 is 1.30 bits per heavy atom. The van der Waals surface area contributed by atoms with Gasteiger partial charge >= 0.3 is 6.03 Å². The molecule has 1 heterocycles. The van der Waals surface area contributed by atoms with Gasteiger partial charge in [0.15, 0.2) is 0 Å². The molecule has 0 radical (unpaired) electrons. The van der Waals surface area contributed by atoms with Gasteiger partial charge in [-0.3, -0.25) is 4.90 Å². The monoisotopic (exact) mass is 313 g/mol. The summed E-state index contributed by atoms with van der Waals surface area (Å²) in [4.78, 5) is 16.2. The molecule has 2 amide bonds. The van der Waals surface area contributed by atoms with E-state index in [1.807, 2.05) is 6.08 Å². The van der Waals surface area contributed by atoms with Crippen molar-refractivity contribution in [3.05, 3.63) is 40.9 Å². The zero-order valence-corrected chi connectivity index (χ0v) is 12.6. The van der Waals surface area contributed by atoms with Gasteiger partial charge in [-0.25, -0.2) is 4.79 Å². The van der Waals surface area contributed by atoms with Crippen LogP contribution in [0.5, 0.6) is 0 Å². The second-order valence-corrected chi connectivity index (χ2v) is 5.47. The number of nitrogens with one attached hydrogen (secondary N) is 1. The van der Waals surface area contributed by atoms with Crippen LogP contribution in [-0.4, -0.2) is 48.6 Å². The molecule has 20 heavy (non-hydrogen) atoms. The van der Waals surface area contributed by atoms with E-state index < -0.39 is 0 Å². The van der Waals surface area contributed by atoms with Crippen molar-refractivity contribution >= 4 is 34.9 Å². The molecule has 0 aliphatic carbocycles. The quantitative estimate of drug-likeness (QED) is 0.869. The third-order valence-electron chi connectivity index (χ3n) is 3.22. The highest BCUT2D eigenvalue weighted by Gasteiger charge is 2.20. The largest absolute Gasteiger partial charge is 0.322 e. The average Bonchev–Trinajstić information content (AvgIpc) is 2.43. The van der Waals surface area contributed by atoms with Crippen LogP contribution in [0.25, 0.3) is 0 Å². The predicted octanol–water partition coefficient (Wildman–Crippen LogP) is 3.33. The molecule has 6 heteroatoms. The lowest BCUT2D eigenvalue weighted by atomic mass is 10.3. The minimum atomic E-state index is -0.132. The number of halogens is 2. The lowest BCUT2D eigenvalue weighted by molar-refractivity contribution is 0.156. The molecule has 1 N–H and O–H groups in total. The van der Waals surface area contributed by atoms with Crippen LogP contribution in [0.3, 0.4) is 0 Å². The fourth-order valence-corrected chi connectivity index (χ4v) is 2.56. The lowest BCUT2D eigenvalue weighted by Crippen LogP contribution is -2.49. The first-order valence-electron chi connectivity index (χ1n) is 6.44. The van der Waals surface area contributed by atoms with Crippen LogP contribution in [0.15, 0.2) is 30.9 Å². The van der Waals surface area contributed by atoms with Gasteiger partial charge in [-0.05, 0) is 18.2 Å². The van der Waals surface area contributed by atoms with Crippen molar-refractivity contribution in [2.75, 3.05) is 38.0 Å². The molecule has 0 bridgehead atoms. The summed E-state index contributed by atoms with van der Waals surface area (Å²) in [6.45, 7) is 7.69. The maximum Gasteiger partial charge on any atom is 0.321 e. The molecule has 1 aliphatic rings. The first-order valence-corrected chi connectivity index (χ1v) is 7.20. The summed E-state index contributed by atoms with van der Waals surface area (Å²) in [5.74, 6) is 0. The van der Waals surface area contributed by atoms with Crippen molar-refractivity contribution < 1.29 is 4.79 Å². The van der Waals surface area contributed by atoms with Crippen LogP contribution in [-0.2, 0) is 0 Å². The first-order chi connectivity index (χ1) is 9.60. The van der Waals surface area contributed by atoms with E-state index in [0.717, 1.165) is 19.6 Å². The molecule has 4 nitrogen and oxygen atoms in total. The molecule has 108 valence electrons. The number of hydrogen-bond donors (Lipinski definition) is 1. The molecule has 1 saturated heterocycles. The van der Waals surface area contributed by atoms with Crippen LogP contribution < -0.4 is 5.32 Å². The SMILES string of the molecule is C=CCN1CCN(C(=O)Nc2ccc(Cl)cc2Cl)CC1. The van der Waals surface area contributed by atoms with Gasteiger partial charge in [0, 0.05) is 37.7 Å². The summed E-state index contributed by atoms with van der Waals surface area (Å²) in [6, 6.07) is 4.88. The van der Waals surface area contributed by atoms with E-state index in [0.29, 0.717) is 28.8 Å². The van der Waals surface area contributed by atoms with Gasteiger partial charge in [-0.2, -0.15) is 0 Å². The summed E-state index contributed by atoms with van der Waals surface area (Å²) in [7, 11) is 0. The molecule has 0 spiro atoms. The highest BCUT2D eigenvalue weighted by Crippen LogP contribution is 2.25. The summed E-state index contributed by atoms with van der Waals surface area (Å²) >= 11 is 11.9.